The zero-order chi connectivity index (χ0) is 21.8. The lowest BCUT2D eigenvalue weighted by molar-refractivity contribution is -0.121. The second-order valence-electron chi connectivity index (χ2n) is 7.24. The molecule has 0 spiro atoms. The standard InChI is InChI=1S/C23H23ClFN3O2/c1-14-10-21(15(2)28(14)20-5-3-4-18(24)12-20)23(30)27-13-17(22(26)29)11-16-6-8-19(25)9-7-16/h3-10,12,17H,11,13H2,1-2H3,(H2,26,29)(H,27,30). The molecule has 156 valence electrons. The van der Waals surface area contributed by atoms with Crippen molar-refractivity contribution in [3.8, 4) is 5.69 Å². The normalized spacial score (nSPS) is 11.9. The van der Waals surface area contributed by atoms with Gasteiger partial charge in [0, 0.05) is 28.6 Å². The second kappa shape index (κ2) is 9.13. The van der Waals surface area contributed by atoms with Crippen LogP contribution in [0.5, 0.6) is 0 Å². The van der Waals surface area contributed by atoms with Gasteiger partial charge in [-0.25, -0.2) is 4.39 Å². The highest BCUT2D eigenvalue weighted by Gasteiger charge is 2.21. The molecule has 1 atom stereocenters. The first-order valence-electron chi connectivity index (χ1n) is 9.53. The van der Waals surface area contributed by atoms with E-state index >= 15 is 0 Å². The molecule has 0 saturated carbocycles. The van der Waals surface area contributed by atoms with Crippen LogP contribution in [0, 0.1) is 25.6 Å². The Bertz CT molecular complexity index is 1080. The molecule has 0 aliphatic rings. The molecule has 0 fully saturated rings. The van der Waals surface area contributed by atoms with Gasteiger partial charge in [0.1, 0.15) is 5.82 Å². The first kappa shape index (κ1) is 21.6. The quantitative estimate of drug-likeness (QED) is 0.598. The van der Waals surface area contributed by atoms with Crippen LogP contribution in [0.15, 0.2) is 54.6 Å². The summed E-state index contributed by atoms with van der Waals surface area (Å²) in [6.07, 6.45) is 0.317. The number of nitrogens with two attached hydrogens (primary N) is 1. The van der Waals surface area contributed by atoms with Gasteiger partial charge >= 0.3 is 0 Å². The summed E-state index contributed by atoms with van der Waals surface area (Å²) in [4.78, 5) is 24.6. The molecule has 5 nitrogen and oxygen atoms in total. The van der Waals surface area contributed by atoms with Crippen LogP contribution in [-0.4, -0.2) is 22.9 Å². The lowest BCUT2D eigenvalue weighted by atomic mass is 9.98. The molecule has 3 rings (SSSR count). The Kier molecular flexibility index (Phi) is 6.57. The van der Waals surface area contributed by atoms with Crippen molar-refractivity contribution in [3.05, 3.63) is 88.0 Å². The largest absolute Gasteiger partial charge is 0.369 e. The van der Waals surface area contributed by atoms with E-state index in [1.807, 2.05) is 36.6 Å². The van der Waals surface area contributed by atoms with E-state index in [0.717, 1.165) is 22.6 Å². The Morgan fingerprint density at radius 3 is 2.47 bits per heavy atom. The number of aromatic nitrogens is 1. The fourth-order valence-electron chi connectivity index (χ4n) is 3.49. The van der Waals surface area contributed by atoms with Gasteiger partial charge in [0.25, 0.3) is 5.91 Å². The fraction of sp³-hybridized carbons (Fsp3) is 0.217. The summed E-state index contributed by atoms with van der Waals surface area (Å²) in [6, 6.07) is 15.0. The highest BCUT2D eigenvalue weighted by atomic mass is 35.5. The van der Waals surface area contributed by atoms with Gasteiger partial charge in [-0.05, 0) is 62.2 Å². The van der Waals surface area contributed by atoms with Crippen molar-refractivity contribution in [2.45, 2.75) is 20.3 Å². The number of primary amides is 1. The minimum Gasteiger partial charge on any atom is -0.369 e. The molecule has 1 unspecified atom stereocenters. The summed E-state index contributed by atoms with van der Waals surface area (Å²) in [5.41, 5.74) is 9.31. The molecule has 2 aromatic carbocycles. The molecule has 30 heavy (non-hydrogen) atoms. The van der Waals surface area contributed by atoms with Crippen molar-refractivity contribution in [1.82, 2.24) is 9.88 Å². The predicted molar refractivity (Wildman–Crippen MR) is 115 cm³/mol. The van der Waals surface area contributed by atoms with E-state index < -0.39 is 11.8 Å². The number of rotatable bonds is 7. The monoisotopic (exact) mass is 427 g/mol. The summed E-state index contributed by atoms with van der Waals surface area (Å²) < 4.78 is 15.0. The number of nitrogens with zero attached hydrogens (tertiary/aromatic N) is 1. The molecule has 3 aromatic rings. The van der Waals surface area contributed by atoms with Gasteiger partial charge in [-0.1, -0.05) is 29.8 Å². The smallest absolute Gasteiger partial charge is 0.253 e. The van der Waals surface area contributed by atoms with E-state index in [0.29, 0.717) is 17.0 Å². The summed E-state index contributed by atoms with van der Waals surface area (Å²) in [5.74, 6) is -1.76. The molecular formula is C23H23ClFN3O2. The van der Waals surface area contributed by atoms with Gasteiger partial charge in [0.05, 0.1) is 11.5 Å². The molecule has 1 heterocycles. The highest BCUT2D eigenvalue weighted by molar-refractivity contribution is 6.30. The van der Waals surface area contributed by atoms with Crippen LogP contribution in [0.2, 0.25) is 5.02 Å². The van der Waals surface area contributed by atoms with Crippen LogP contribution in [0.3, 0.4) is 0 Å². The zero-order valence-corrected chi connectivity index (χ0v) is 17.5. The van der Waals surface area contributed by atoms with Crippen LogP contribution in [0.25, 0.3) is 5.69 Å². The molecule has 0 bridgehead atoms. The third-order valence-corrected chi connectivity index (χ3v) is 5.28. The lowest BCUT2D eigenvalue weighted by Crippen LogP contribution is -2.37. The molecule has 7 heteroatoms. The van der Waals surface area contributed by atoms with Crippen molar-refractivity contribution in [2.75, 3.05) is 6.54 Å². The average molecular weight is 428 g/mol. The highest BCUT2D eigenvalue weighted by Crippen LogP contribution is 2.23. The maximum atomic E-state index is 13.1. The number of amides is 2. The topological polar surface area (TPSA) is 77.1 Å². The Morgan fingerprint density at radius 2 is 1.83 bits per heavy atom. The van der Waals surface area contributed by atoms with Crippen LogP contribution in [0.4, 0.5) is 4.39 Å². The summed E-state index contributed by atoms with van der Waals surface area (Å²) in [7, 11) is 0. The van der Waals surface area contributed by atoms with E-state index in [9.17, 15) is 14.0 Å². The second-order valence-corrected chi connectivity index (χ2v) is 7.68. The number of hydrogen-bond donors (Lipinski definition) is 2. The van der Waals surface area contributed by atoms with Gasteiger partial charge < -0.3 is 15.6 Å². The van der Waals surface area contributed by atoms with Crippen molar-refractivity contribution in [3.63, 3.8) is 0 Å². The number of carbonyl (C=O) groups is 2. The third kappa shape index (κ3) is 4.89. The van der Waals surface area contributed by atoms with E-state index in [-0.39, 0.29) is 18.3 Å². The number of benzene rings is 2. The number of aryl methyl sites for hydroxylation is 1. The van der Waals surface area contributed by atoms with Gasteiger partial charge in [-0.2, -0.15) is 0 Å². The Labute approximate surface area is 179 Å². The van der Waals surface area contributed by atoms with Gasteiger partial charge in [-0.15, -0.1) is 0 Å². The predicted octanol–water partition coefficient (Wildman–Crippen LogP) is 3.96. The minimum absolute atomic E-state index is 0.0897. The minimum atomic E-state index is -0.601. The maximum Gasteiger partial charge on any atom is 0.253 e. The van der Waals surface area contributed by atoms with Crippen LogP contribution >= 0.6 is 11.6 Å². The Hall–Kier alpha value is -3.12. The number of hydrogen-bond acceptors (Lipinski definition) is 2. The van der Waals surface area contributed by atoms with Gasteiger partial charge in [0.2, 0.25) is 5.91 Å². The van der Waals surface area contributed by atoms with E-state index in [2.05, 4.69) is 5.32 Å². The van der Waals surface area contributed by atoms with Crippen LogP contribution in [0.1, 0.15) is 27.3 Å². The first-order valence-corrected chi connectivity index (χ1v) is 9.91. The van der Waals surface area contributed by atoms with Crippen molar-refractivity contribution < 1.29 is 14.0 Å². The van der Waals surface area contributed by atoms with Crippen molar-refractivity contribution in [1.29, 1.82) is 0 Å². The summed E-state index contributed by atoms with van der Waals surface area (Å²) >= 11 is 6.10. The van der Waals surface area contributed by atoms with Gasteiger partial charge in [0.15, 0.2) is 0 Å². The van der Waals surface area contributed by atoms with Gasteiger partial charge in [-0.3, -0.25) is 9.59 Å². The third-order valence-electron chi connectivity index (χ3n) is 5.05. The summed E-state index contributed by atoms with van der Waals surface area (Å²) in [6.45, 7) is 3.85. The molecule has 0 saturated heterocycles. The zero-order valence-electron chi connectivity index (χ0n) is 16.8. The fourth-order valence-corrected chi connectivity index (χ4v) is 3.68. The molecular weight excluding hydrogens is 405 g/mol. The Balaban J connectivity index is 1.74. The van der Waals surface area contributed by atoms with E-state index in [1.165, 1.54) is 12.1 Å². The molecule has 0 aliphatic heterocycles. The SMILES string of the molecule is Cc1cc(C(=O)NCC(Cc2ccc(F)cc2)C(N)=O)c(C)n1-c1cccc(Cl)c1. The number of halogens is 2. The van der Waals surface area contributed by atoms with E-state index in [1.54, 1.807) is 24.3 Å². The number of nitrogens with one attached hydrogen (secondary N) is 1. The molecule has 0 radical (unpaired) electrons. The number of carbonyl (C=O) groups excluding carboxylic acids is 2. The van der Waals surface area contributed by atoms with Crippen LogP contribution in [-0.2, 0) is 11.2 Å². The molecule has 2 amide bonds. The Morgan fingerprint density at radius 1 is 1.13 bits per heavy atom. The molecule has 1 aromatic heterocycles. The first-order chi connectivity index (χ1) is 14.3. The lowest BCUT2D eigenvalue weighted by Gasteiger charge is -2.15. The van der Waals surface area contributed by atoms with Crippen LogP contribution < -0.4 is 11.1 Å². The van der Waals surface area contributed by atoms with Crippen molar-refractivity contribution >= 4 is 23.4 Å². The summed E-state index contributed by atoms with van der Waals surface area (Å²) in [5, 5.41) is 3.41. The van der Waals surface area contributed by atoms with Crippen molar-refractivity contribution in [2.24, 2.45) is 11.7 Å². The van der Waals surface area contributed by atoms with E-state index in [4.69, 9.17) is 17.3 Å². The molecule has 3 N–H and O–H groups in total. The molecule has 0 aliphatic carbocycles. The average Bonchev–Trinajstić information content (AvgIpc) is 3.00. The maximum absolute atomic E-state index is 13.1.